The molecule has 1 aliphatic heterocycles. The van der Waals surface area contributed by atoms with Gasteiger partial charge in [-0.3, -0.25) is 9.40 Å². The molecular formula is C16H24N9O4P. The van der Waals surface area contributed by atoms with E-state index >= 15 is 0 Å². The topological polar surface area (TPSA) is 148 Å². The molecule has 2 N–H and O–H groups in total. The second kappa shape index (κ2) is 8.36. The van der Waals surface area contributed by atoms with E-state index in [1.807, 2.05) is 4.57 Å². The Kier molecular flexibility index (Phi) is 5.80. The maximum absolute atomic E-state index is 13.1. The molecule has 1 fully saturated rings. The zero-order valence-corrected chi connectivity index (χ0v) is 17.8. The number of hydrogen-bond acceptors (Lipinski definition) is 11. The first-order valence-corrected chi connectivity index (χ1v) is 11.2. The second-order valence-corrected chi connectivity index (χ2v) is 8.88. The van der Waals surface area contributed by atoms with Gasteiger partial charge in [-0.15, -0.1) is 5.10 Å². The maximum Gasteiger partial charge on any atom is 0.350 e. The summed E-state index contributed by atoms with van der Waals surface area (Å²) in [5, 5.41) is 9.90. The highest BCUT2D eigenvalue weighted by molar-refractivity contribution is 7.54. The number of nitrogens with two attached hydrogens (primary N) is 1. The van der Waals surface area contributed by atoms with Gasteiger partial charge in [0.1, 0.15) is 23.3 Å². The van der Waals surface area contributed by atoms with E-state index in [0.29, 0.717) is 35.6 Å². The first-order valence-electron chi connectivity index (χ1n) is 9.55. The Hall–Kier alpha value is -2.44. The predicted molar refractivity (Wildman–Crippen MR) is 106 cm³/mol. The van der Waals surface area contributed by atoms with Crippen molar-refractivity contribution in [1.82, 2.24) is 39.6 Å². The highest BCUT2D eigenvalue weighted by Gasteiger charge is 2.46. The molecule has 0 bridgehead atoms. The van der Waals surface area contributed by atoms with Crippen molar-refractivity contribution in [2.24, 2.45) is 0 Å². The predicted octanol–water partition coefficient (Wildman–Crippen LogP) is 1.41. The largest absolute Gasteiger partial charge is 0.382 e. The van der Waals surface area contributed by atoms with Crippen molar-refractivity contribution < 1.29 is 18.5 Å². The lowest BCUT2D eigenvalue weighted by molar-refractivity contribution is -0.162. The Morgan fingerprint density at radius 2 is 2.03 bits per heavy atom. The summed E-state index contributed by atoms with van der Waals surface area (Å²) in [5.41, 5.74) is 7.66. The quantitative estimate of drug-likeness (QED) is 0.510. The Morgan fingerprint density at radius 3 is 2.77 bits per heavy atom. The molecule has 13 nitrogen and oxygen atoms in total. The van der Waals surface area contributed by atoms with Crippen molar-refractivity contribution in [3.05, 3.63) is 24.5 Å². The molecule has 3 aromatic rings. The second-order valence-electron chi connectivity index (χ2n) is 6.69. The van der Waals surface area contributed by atoms with Gasteiger partial charge in [-0.1, -0.05) is 5.21 Å². The number of nitrogen functional groups attached to an aromatic ring is 1. The van der Waals surface area contributed by atoms with Gasteiger partial charge < -0.3 is 19.3 Å². The van der Waals surface area contributed by atoms with Crippen LogP contribution in [0.3, 0.4) is 0 Å². The van der Waals surface area contributed by atoms with E-state index in [2.05, 4.69) is 25.3 Å². The Morgan fingerprint density at radius 1 is 1.27 bits per heavy atom. The van der Waals surface area contributed by atoms with Crippen LogP contribution in [0.1, 0.15) is 32.2 Å². The molecule has 14 heteroatoms. The normalized spacial score (nSPS) is 20.4. The van der Waals surface area contributed by atoms with E-state index in [1.54, 1.807) is 38.1 Å². The van der Waals surface area contributed by atoms with Gasteiger partial charge >= 0.3 is 7.60 Å². The van der Waals surface area contributed by atoms with Crippen molar-refractivity contribution in [2.75, 3.05) is 26.0 Å². The monoisotopic (exact) mass is 437 g/mol. The molecule has 0 spiro atoms. The molecule has 3 aromatic heterocycles. The first kappa shape index (κ1) is 20.8. The van der Waals surface area contributed by atoms with Crippen molar-refractivity contribution in [2.45, 2.75) is 38.8 Å². The van der Waals surface area contributed by atoms with E-state index in [-0.39, 0.29) is 13.2 Å². The van der Waals surface area contributed by atoms with Crippen LogP contribution in [0.25, 0.3) is 11.2 Å². The number of anilines is 1. The maximum atomic E-state index is 13.1. The Balaban J connectivity index is 1.50. The van der Waals surface area contributed by atoms with Crippen molar-refractivity contribution in [3.63, 3.8) is 0 Å². The molecule has 1 aliphatic rings. The Labute approximate surface area is 172 Å². The number of hydrogen-bond donors (Lipinski definition) is 1. The van der Waals surface area contributed by atoms with Gasteiger partial charge in [0.05, 0.1) is 32.3 Å². The summed E-state index contributed by atoms with van der Waals surface area (Å²) in [5.74, 6) is -0.212. The van der Waals surface area contributed by atoms with E-state index in [9.17, 15) is 4.57 Å². The number of nitrogens with zero attached hydrogens (tertiary/aromatic N) is 8. The third-order valence-corrected chi connectivity index (χ3v) is 7.22. The molecule has 30 heavy (non-hydrogen) atoms. The van der Waals surface area contributed by atoms with Crippen molar-refractivity contribution in [3.8, 4) is 0 Å². The molecule has 4 heterocycles. The van der Waals surface area contributed by atoms with Crippen LogP contribution in [0.5, 0.6) is 0 Å². The summed E-state index contributed by atoms with van der Waals surface area (Å²) < 4.78 is 27.5. The fourth-order valence-electron chi connectivity index (χ4n) is 3.40. The van der Waals surface area contributed by atoms with E-state index < -0.39 is 19.6 Å². The van der Waals surface area contributed by atoms with Gasteiger partial charge in [0.25, 0.3) is 0 Å². The summed E-state index contributed by atoms with van der Waals surface area (Å²) in [6.07, 6.45) is 4.69. The summed E-state index contributed by atoms with van der Waals surface area (Å²) in [6.45, 7) is 4.52. The van der Waals surface area contributed by atoms with Crippen LogP contribution in [0.2, 0.25) is 0 Å². The highest BCUT2D eigenvalue weighted by Crippen LogP contribution is 2.58. The van der Waals surface area contributed by atoms with Gasteiger partial charge in [0.2, 0.25) is 0 Å². The number of fused-ring (bicyclic) bond motifs is 1. The smallest absolute Gasteiger partial charge is 0.350 e. The van der Waals surface area contributed by atoms with Gasteiger partial charge in [-0.05, 0) is 13.8 Å². The van der Waals surface area contributed by atoms with Crippen LogP contribution in [0.4, 0.5) is 5.82 Å². The minimum atomic E-state index is -3.35. The fourth-order valence-corrected chi connectivity index (χ4v) is 5.43. The van der Waals surface area contributed by atoms with Gasteiger partial charge in [0.15, 0.2) is 17.7 Å². The van der Waals surface area contributed by atoms with Gasteiger partial charge in [0, 0.05) is 13.5 Å². The van der Waals surface area contributed by atoms with Crippen LogP contribution in [0, 0.1) is 0 Å². The summed E-state index contributed by atoms with van der Waals surface area (Å²) in [6, 6.07) is 0. The molecule has 4 rings (SSSR count). The summed E-state index contributed by atoms with van der Waals surface area (Å²) >= 11 is 0. The fraction of sp³-hybridized carbons (Fsp3) is 0.562. The number of aromatic nitrogens is 7. The zero-order valence-electron chi connectivity index (χ0n) is 17.0. The lowest BCUT2D eigenvalue weighted by Crippen LogP contribution is -2.25. The van der Waals surface area contributed by atoms with Crippen molar-refractivity contribution in [1.29, 1.82) is 0 Å². The average molecular weight is 437 g/mol. The van der Waals surface area contributed by atoms with E-state index in [4.69, 9.17) is 19.6 Å². The molecule has 162 valence electrons. The minimum absolute atomic E-state index is 0.284. The SMILES string of the molecule is CCOP(=O)(OCC)[C@@H]1C[C@@H](n2cc(Cn3cnc4c(N)ncnc43)nn2)ON1C. The molecule has 2 atom stereocenters. The van der Waals surface area contributed by atoms with Crippen LogP contribution in [-0.2, 0) is 25.0 Å². The lowest BCUT2D eigenvalue weighted by Gasteiger charge is -2.25. The van der Waals surface area contributed by atoms with Crippen LogP contribution >= 0.6 is 7.60 Å². The summed E-state index contributed by atoms with van der Waals surface area (Å²) in [7, 11) is -1.65. The number of imidazole rings is 1. The summed E-state index contributed by atoms with van der Waals surface area (Å²) in [4.78, 5) is 18.3. The molecule has 0 aliphatic carbocycles. The van der Waals surface area contributed by atoms with Crippen LogP contribution in [-0.4, -0.2) is 65.6 Å². The molecule has 1 saturated heterocycles. The van der Waals surface area contributed by atoms with E-state index in [1.165, 1.54) is 11.4 Å². The van der Waals surface area contributed by atoms with Gasteiger partial charge in [-0.25, -0.2) is 19.6 Å². The highest BCUT2D eigenvalue weighted by atomic mass is 31.2. The zero-order chi connectivity index (χ0) is 21.3. The third kappa shape index (κ3) is 3.82. The number of rotatable bonds is 8. The number of hydroxylamine groups is 2. The third-order valence-electron chi connectivity index (χ3n) is 4.72. The first-order chi connectivity index (χ1) is 14.4. The van der Waals surface area contributed by atoms with Gasteiger partial charge in [-0.2, -0.15) is 5.06 Å². The molecule has 0 radical (unpaired) electrons. The Bertz CT molecular complexity index is 1060. The minimum Gasteiger partial charge on any atom is -0.382 e. The standard InChI is InChI=1S/C16H24N9O4P/c1-4-27-30(26,28-5-2)13-6-12(29-23(13)3)25-8-11(21-22-25)7-24-10-20-14-15(17)18-9-19-16(14)24/h8-10,12-13H,4-7H2,1-3H3,(H2,17,18,19)/t12-,13+/m0/s1. The van der Waals surface area contributed by atoms with Crippen molar-refractivity contribution >= 4 is 24.6 Å². The lowest BCUT2D eigenvalue weighted by atomic mass is 10.4. The molecule has 0 aromatic carbocycles. The van der Waals surface area contributed by atoms with E-state index in [0.717, 1.165) is 0 Å². The van der Waals surface area contributed by atoms with Crippen LogP contribution in [0.15, 0.2) is 18.9 Å². The molecule has 0 amide bonds. The molecular weight excluding hydrogens is 413 g/mol. The average Bonchev–Trinajstić information content (AvgIpc) is 3.42. The van der Waals surface area contributed by atoms with Crippen LogP contribution < -0.4 is 5.73 Å². The molecule has 0 saturated carbocycles. The molecule has 0 unspecified atom stereocenters.